The topological polar surface area (TPSA) is 83.4 Å². The molecule has 16 heavy (non-hydrogen) atoms. The number of nitrogens with zero attached hydrogens (tertiary/aromatic N) is 2. The van der Waals surface area contributed by atoms with Crippen LogP contribution in [0.4, 0.5) is 0 Å². The van der Waals surface area contributed by atoms with E-state index in [0.717, 1.165) is 12.0 Å². The van der Waals surface area contributed by atoms with Crippen molar-refractivity contribution in [2.45, 2.75) is 6.42 Å². The Labute approximate surface area is 91.8 Å². The maximum atomic E-state index is 10.8. The highest BCUT2D eigenvalue weighted by Gasteiger charge is 2.24. The van der Waals surface area contributed by atoms with E-state index in [1.807, 2.05) is 12.1 Å². The molecule has 1 aliphatic heterocycles. The van der Waals surface area contributed by atoms with E-state index in [4.69, 9.17) is 0 Å². The van der Waals surface area contributed by atoms with Crippen LogP contribution in [-0.4, -0.2) is 29.3 Å². The molecule has 2 N–H and O–H groups in total. The van der Waals surface area contributed by atoms with E-state index in [2.05, 4.69) is 20.6 Å². The van der Waals surface area contributed by atoms with Crippen molar-refractivity contribution in [2.75, 3.05) is 6.54 Å². The van der Waals surface area contributed by atoms with Gasteiger partial charge in [0.2, 0.25) is 5.96 Å². The summed E-state index contributed by atoms with van der Waals surface area (Å²) in [5.41, 5.74) is 1.11. The van der Waals surface area contributed by atoms with Gasteiger partial charge in [0.15, 0.2) is 0 Å². The van der Waals surface area contributed by atoms with Crippen LogP contribution in [0, 0.1) is 0 Å². The average molecular weight is 218 g/mol. The van der Waals surface area contributed by atoms with Crippen molar-refractivity contribution < 1.29 is 9.59 Å². The molecule has 0 aliphatic carbocycles. The molecule has 6 nitrogen and oxygen atoms in total. The molecule has 2 amide bonds. The second-order valence-corrected chi connectivity index (χ2v) is 3.24. The van der Waals surface area contributed by atoms with Gasteiger partial charge in [-0.3, -0.25) is 30.2 Å². The number of aromatic nitrogens is 1. The van der Waals surface area contributed by atoms with Gasteiger partial charge in [-0.2, -0.15) is 0 Å². The van der Waals surface area contributed by atoms with Crippen LogP contribution in [0.15, 0.2) is 29.5 Å². The number of amides is 2. The van der Waals surface area contributed by atoms with Crippen LogP contribution in [0.5, 0.6) is 0 Å². The summed E-state index contributed by atoms with van der Waals surface area (Å²) in [6.45, 7) is 0.500. The third kappa shape index (κ3) is 2.41. The minimum absolute atomic E-state index is 0.226. The van der Waals surface area contributed by atoms with Gasteiger partial charge in [0, 0.05) is 18.9 Å². The lowest BCUT2D eigenvalue weighted by Gasteiger charge is -1.98. The molecule has 0 atom stereocenters. The Balaban J connectivity index is 1.87. The van der Waals surface area contributed by atoms with E-state index in [1.165, 1.54) is 0 Å². The summed E-state index contributed by atoms with van der Waals surface area (Å²) in [6.07, 6.45) is 4.15. The third-order valence-electron chi connectivity index (χ3n) is 2.09. The van der Waals surface area contributed by atoms with E-state index < -0.39 is 11.8 Å². The van der Waals surface area contributed by atoms with Crippen molar-refractivity contribution in [3.05, 3.63) is 30.1 Å². The molecule has 0 bridgehead atoms. The molecule has 0 radical (unpaired) electrons. The first kappa shape index (κ1) is 10.3. The van der Waals surface area contributed by atoms with Gasteiger partial charge in [0.1, 0.15) is 0 Å². The summed E-state index contributed by atoms with van der Waals surface area (Å²) in [6, 6.07) is 3.79. The van der Waals surface area contributed by atoms with E-state index in [-0.39, 0.29) is 5.96 Å². The Hall–Kier alpha value is -2.24. The van der Waals surface area contributed by atoms with Crippen molar-refractivity contribution in [3.63, 3.8) is 0 Å². The molecule has 2 rings (SSSR count). The summed E-state index contributed by atoms with van der Waals surface area (Å²) in [4.78, 5) is 29.6. The van der Waals surface area contributed by atoms with E-state index in [1.54, 1.807) is 12.4 Å². The molecular weight excluding hydrogens is 208 g/mol. The number of pyridine rings is 1. The summed E-state index contributed by atoms with van der Waals surface area (Å²) < 4.78 is 0. The van der Waals surface area contributed by atoms with Gasteiger partial charge >= 0.3 is 11.8 Å². The molecule has 1 fully saturated rings. The number of hydrogen-bond acceptors (Lipinski definition) is 4. The molecule has 1 aliphatic rings. The van der Waals surface area contributed by atoms with E-state index in [0.29, 0.717) is 6.54 Å². The maximum Gasteiger partial charge on any atom is 0.316 e. The second kappa shape index (κ2) is 4.52. The molecule has 1 saturated heterocycles. The zero-order valence-corrected chi connectivity index (χ0v) is 8.43. The van der Waals surface area contributed by atoms with Gasteiger partial charge in [-0.25, -0.2) is 0 Å². The predicted molar refractivity (Wildman–Crippen MR) is 56.5 cm³/mol. The zero-order chi connectivity index (χ0) is 11.4. The van der Waals surface area contributed by atoms with Gasteiger partial charge in [-0.15, -0.1) is 0 Å². The van der Waals surface area contributed by atoms with Gasteiger partial charge < -0.3 is 0 Å². The highest BCUT2D eigenvalue weighted by molar-refractivity contribution is 6.45. The fourth-order valence-corrected chi connectivity index (χ4v) is 1.29. The third-order valence-corrected chi connectivity index (χ3v) is 2.09. The van der Waals surface area contributed by atoms with Crippen LogP contribution in [0.2, 0.25) is 0 Å². The number of nitrogens with one attached hydrogen (secondary N) is 2. The van der Waals surface area contributed by atoms with Gasteiger partial charge in [-0.05, 0) is 24.1 Å². The lowest BCUT2D eigenvalue weighted by atomic mass is 10.2. The Kier molecular flexibility index (Phi) is 2.90. The standard InChI is InChI=1S/C10H10N4O2/c15-8-9(16)14-10(13-8)12-6-3-7-1-4-11-5-2-7/h1-2,4-5H,3,6H2,(H2,12,13,14,15,16). The number of aliphatic imine (C=N–C) groups is 1. The number of guanidine groups is 1. The lowest BCUT2D eigenvalue weighted by molar-refractivity contribution is -0.135. The molecule has 1 aromatic heterocycles. The molecular formula is C10H10N4O2. The van der Waals surface area contributed by atoms with Crippen LogP contribution in [0.1, 0.15) is 5.56 Å². The Bertz CT molecular complexity index is 423. The Morgan fingerprint density at radius 3 is 2.38 bits per heavy atom. The Morgan fingerprint density at radius 1 is 1.12 bits per heavy atom. The normalized spacial score (nSPS) is 14.6. The molecule has 0 saturated carbocycles. The SMILES string of the molecule is O=C1NC(=NCCc2ccncc2)NC1=O. The fraction of sp³-hybridized carbons (Fsp3) is 0.200. The smallest absolute Gasteiger partial charge is 0.288 e. The lowest BCUT2D eigenvalue weighted by Crippen LogP contribution is -2.26. The quantitative estimate of drug-likeness (QED) is 0.653. The van der Waals surface area contributed by atoms with E-state index in [9.17, 15) is 9.59 Å². The number of carbonyl (C=O) groups is 2. The van der Waals surface area contributed by atoms with Crippen molar-refractivity contribution in [1.82, 2.24) is 15.6 Å². The second-order valence-electron chi connectivity index (χ2n) is 3.24. The number of hydrogen-bond donors (Lipinski definition) is 2. The highest BCUT2D eigenvalue weighted by atomic mass is 16.2. The molecule has 82 valence electrons. The highest BCUT2D eigenvalue weighted by Crippen LogP contribution is 1.97. The average Bonchev–Trinajstić information content (AvgIpc) is 2.60. The van der Waals surface area contributed by atoms with E-state index >= 15 is 0 Å². The predicted octanol–water partition coefficient (Wildman–Crippen LogP) is -0.774. The molecule has 6 heteroatoms. The minimum Gasteiger partial charge on any atom is -0.288 e. The summed E-state index contributed by atoms with van der Waals surface area (Å²) in [7, 11) is 0. The first-order chi connectivity index (χ1) is 7.75. The van der Waals surface area contributed by atoms with Crippen molar-refractivity contribution in [2.24, 2.45) is 4.99 Å². The van der Waals surface area contributed by atoms with Crippen molar-refractivity contribution in [1.29, 1.82) is 0 Å². The van der Waals surface area contributed by atoms with Crippen molar-refractivity contribution in [3.8, 4) is 0 Å². The van der Waals surface area contributed by atoms with Crippen molar-refractivity contribution >= 4 is 17.8 Å². The number of carbonyl (C=O) groups excluding carboxylic acids is 2. The monoisotopic (exact) mass is 218 g/mol. The molecule has 0 spiro atoms. The largest absolute Gasteiger partial charge is 0.316 e. The first-order valence-corrected chi connectivity index (χ1v) is 4.81. The summed E-state index contributed by atoms with van der Waals surface area (Å²) >= 11 is 0. The minimum atomic E-state index is -0.664. The summed E-state index contributed by atoms with van der Waals surface area (Å²) in [5, 5.41) is 4.66. The molecule has 2 heterocycles. The number of rotatable bonds is 3. The maximum absolute atomic E-state index is 10.8. The first-order valence-electron chi connectivity index (χ1n) is 4.81. The van der Waals surface area contributed by atoms with Gasteiger partial charge in [0.25, 0.3) is 0 Å². The van der Waals surface area contributed by atoms with Crippen LogP contribution in [0.25, 0.3) is 0 Å². The zero-order valence-electron chi connectivity index (χ0n) is 8.43. The molecule has 0 aromatic carbocycles. The van der Waals surface area contributed by atoms with Crippen LogP contribution < -0.4 is 10.6 Å². The van der Waals surface area contributed by atoms with Gasteiger partial charge in [-0.1, -0.05) is 0 Å². The molecule has 1 aromatic rings. The van der Waals surface area contributed by atoms with Gasteiger partial charge in [0.05, 0.1) is 0 Å². The fourth-order valence-electron chi connectivity index (χ4n) is 1.29. The van der Waals surface area contributed by atoms with Crippen LogP contribution in [-0.2, 0) is 16.0 Å². The van der Waals surface area contributed by atoms with Crippen LogP contribution in [0.3, 0.4) is 0 Å². The summed E-state index contributed by atoms with van der Waals surface area (Å²) in [5.74, 6) is -1.10. The molecule has 0 unspecified atom stereocenters. The van der Waals surface area contributed by atoms with Crippen LogP contribution >= 0.6 is 0 Å². The Morgan fingerprint density at radius 2 is 1.75 bits per heavy atom.